The number of aliphatic hydroxyl groups is 1. The molecule has 21 heavy (non-hydrogen) atoms. The van der Waals surface area contributed by atoms with Crippen molar-refractivity contribution in [1.82, 2.24) is 5.32 Å². The minimum Gasteiger partial charge on any atom is -0.491 e. The number of esters is 1. The second-order valence-corrected chi connectivity index (χ2v) is 5.29. The van der Waals surface area contributed by atoms with Crippen LogP contribution in [-0.4, -0.2) is 36.4 Å². The van der Waals surface area contributed by atoms with Crippen molar-refractivity contribution < 1.29 is 19.4 Å². The minimum atomic E-state index is -0.780. The molecule has 2 unspecified atom stereocenters. The molecule has 0 radical (unpaired) electrons. The number of benzene rings is 1. The maximum Gasteiger partial charge on any atom is 0.325 e. The van der Waals surface area contributed by atoms with E-state index in [0.29, 0.717) is 18.7 Å². The van der Waals surface area contributed by atoms with E-state index < -0.39 is 5.54 Å². The molecule has 2 N–H and O–H groups in total. The fourth-order valence-corrected chi connectivity index (χ4v) is 2.41. The van der Waals surface area contributed by atoms with Gasteiger partial charge in [0, 0.05) is 6.42 Å². The van der Waals surface area contributed by atoms with Crippen LogP contribution in [-0.2, 0) is 16.1 Å². The Morgan fingerprint density at radius 1 is 1.48 bits per heavy atom. The van der Waals surface area contributed by atoms with Crippen molar-refractivity contribution in [2.75, 3.05) is 13.7 Å². The van der Waals surface area contributed by atoms with E-state index in [4.69, 9.17) is 14.6 Å². The molecule has 5 heteroatoms. The van der Waals surface area contributed by atoms with Gasteiger partial charge in [-0.2, -0.15) is 0 Å². The maximum atomic E-state index is 11.9. The van der Waals surface area contributed by atoms with E-state index in [-0.39, 0.29) is 18.7 Å². The molecule has 0 aromatic heterocycles. The monoisotopic (exact) mass is 295 g/mol. The van der Waals surface area contributed by atoms with Crippen molar-refractivity contribution in [2.45, 2.75) is 45.4 Å². The summed E-state index contributed by atoms with van der Waals surface area (Å²) in [6.07, 6.45) is 0.304. The Kier molecular flexibility index (Phi) is 6.65. The van der Waals surface area contributed by atoms with Gasteiger partial charge >= 0.3 is 5.97 Å². The van der Waals surface area contributed by atoms with Gasteiger partial charge in [0.05, 0.1) is 19.8 Å². The highest BCUT2D eigenvalue weighted by atomic mass is 16.5. The standard InChI is InChI=1S/C16H25NO4/c1-5-17-16(3,15(19)20-4)10-12(2)21-14-8-6-7-13(9-14)11-18/h6-9,12,17-18H,5,10-11H2,1-4H3. The van der Waals surface area contributed by atoms with Crippen LogP contribution in [0.3, 0.4) is 0 Å². The van der Waals surface area contributed by atoms with E-state index in [9.17, 15) is 4.79 Å². The van der Waals surface area contributed by atoms with Gasteiger partial charge in [-0.3, -0.25) is 4.79 Å². The quantitative estimate of drug-likeness (QED) is 0.717. The summed E-state index contributed by atoms with van der Waals surface area (Å²) in [5, 5.41) is 12.3. The lowest BCUT2D eigenvalue weighted by Crippen LogP contribution is -2.52. The second-order valence-electron chi connectivity index (χ2n) is 5.29. The molecule has 0 aliphatic carbocycles. The highest BCUT2D eigenvalue weighted by Gasteiger charge is 2.35. The number of nitrogens with one attached hydrogen (secondary N) is 1. The zero-order chi connectivity index (χ0) is 15.9. The third-order valence-corrected chi connectivity index (χ3v) is 3.32. The van der Waals surface area contributed by atoms with Crippen molar-refractivity contribution >= 4 is 5.97 Å². The SMILES string of the molecule is CCNC(C)(CC(C)Oc1cccc(CO)c1)C(=O)OC. The van der Waals surface area contributed by atoms with Crippen LogP contribution in [0.25, 0.3) is 0 Å². The summed E-state index contributed by atoms with van der Waals surface area (Å²) in [7, 11) is 1.38. The van der Waals surface area contributed by atoms with Crippen molar-refractivity contribution in [3.8, 4) is 5.75 Å². The first kappa shape index (κ1) is 17.5. The number of carbonyl (C=O) groups excluding carboxylic acids is 1. The smallest absolute Gasteiger partial charge is 0.325 e. The predicted octanol–water partition coefficient (Wildman–Crippen LogP) is 1.88. The van der Waals surface area contributed by atoms with Gasteiger partial charge in [0.1, 0.15) is 11.3 Å². The number of hydrogen-bond acceptors (Lipinski definition) is 5. The molecule has 0 spiro atoms. The molecule has 5 nitrogen and oxygen atoms in total. The Morgan fingerprint density at radius 2 is 2.19 bits per heavy atom. The number of aliphatic hydroxyl groups excluding tert-OH is 1. The van der Waals surface area contributed by atoms with Gasteiger partial charge in [-0.05, 0) is 38.1 Å². The molecule has 0 fully saturated rings. The predicted molar refractivity (Wildman–Crippen MR) is 81.2 cm³/mol. The average Bonchev–Trinajstić information content (AvgIpc) is 2.46. The average molecular weight is 295 g/mol. The van der Waals surface area contributed by atoms with E-state index in [2.05, 4.69) is 5.32 Å². The number of carbonyl (C=O) groups is 1. The molecule has 0 aliphatic heterocycles. The zero-order valence-corrected chi connectivity index (χ0v) is 13.2. The van der Waals surface area contributed by atoms with Crippen molar-refractivity contribution in [2.24, 2.45) is 0 Å². The Balaban J connectivity index is 2.73. The zero-order valence-electron chi connectivity index (χ0n) is 13.2. The molecule has 0 heterocycles. The van der Waals surface area contributed by atoms with Crippen LogP contribution >= 0.6 is 0 Å². The van der Waals surface area contributed by atoms with E-state index in [1.165, 1.54) is 7.11 Å². The van der Waals surface area contributed by atoms with E-state index >= 15 is 0 Å². The van der Waals surface area contributed by atoms with E-state index in [1.54, 1.807) is 6.07 Å². The number of methoxy groups -OCH3 is 1. The fourth-order valence-electron chi connectivity index (χ4n) is 2.41. The first-order valence-corrected chi connectivity index (χ1v) is 7.15. The van der Waals surface area contributed by atoms with Crippen LogP contribution in [0.1, 0.15) is 32.8 Å². The number of ether oxygens (including phenoxy) is 2. The highest BCUT2D eigenvalue weighted by Crippen LogP contribution is 2.20. The van der Waals surface area contributed by atoms with E-state index in [1.807, 2.05) is 39.0 Å². The normalized spacial score (nSPS) is 15.1. The molecule has 1 aromatic carbocycles. The molecule has 1 aromatic rings. The van der Waals surface area contributed by atoms with E-state index in [0.717, 1.165) is 5.56 Å². The van der Waals surface area contributed by atoms with Crippen molar-refractivity contribution in [1.29, 1.82) is 0 Å². The Morgan fingerprint density at radius 3 is 2.76 bits per heavy atom. The third-order valence-electron chi connectivity index (χ3n) is 3.32. The largest absolute Gasteiger partial charge is 0.491 e. The second kappa shape index (κ2) is 8.00. The lowest BCUT2D eigenvalue weighted by atomic mass is 9.94. The summed E-state index contributed by atoms with van der Waals surface area (Å²) < 4.78 is 10.7. The molecule has 118 valence electrons. The highest BCUT2D eigenvalue weighted by molar-refractivity contribution is 5.80. The molecular weight excluding hydrogens is 270 g/mol. The molecule has 0 saturated carbocycles. The summed E-state index contributed by atoms with van der Waals surface area (Å²) in [6.45, 7) is 6.30. The van der Waals surface area contributed by atoms with Crippen molar-refractivity contribution in [3.05, 3.63) is 29.8 Å². The first-order chi connectivity index (χ1) is 9.95. The first-order valence-electron chi connectivity index (χ1n) is 7.15. The van der Waals surface area contributed by atoms with Gasteiger partial charge < -0.3 is 19.9 Å². The molecule has 2 atom stereocenters. The Hall–Kier alpha value is -1.59. The summed E-state index contributed by atoms with van der Waals surface area (Å²) >= 11 is 0. The Bertz CT molecular complexity index is 463. The molecule has 1 rings (SSSR count). The minimum absolute atomic E-state index is 0.0250. The number of rotatable bonds is 8. The van der Waals surface area contributed by atoms with Crippen LogP contribution < -0.4 is 10.1 Å². The van der Waals surface area contributed by atoms with Gasteiger partial charge in [0.25, 0.3) is 0 Å². The number of likely N-dealkylation sites (N-methyl/N-ethyl adjacent to an activating group) is 1. The Labute approximate surface area is 126 Å². The molecule has 0 amide bonds. The van der Waals surface area contributed by atoms with Crippen LogP contribution in [0.4, 0.5) is 0 Å². The summed E-state index contributed by atoms with van der Waals surface area (Å²) in [5.74, 6) is 0.377. The third kappa shape index (κ3) is 5.02. The lowest BCUT2D eigenvalue weighted by Gasteiger charge is -2.30. The van der Waals surface area contributed by atoms with Gasteiger partial charge in [-0.15, -0.1) is 0 Å². The van der Waals surface area contributed by atoms with Gasteiger partial charge in [-0.25, -0.2) is 0 Å². The number of hydrogen-bond donors (Lipinski definition) is 2. The van der Waals surface area contributed by atoms with Crippen LogP contribution in [0.5, 0.6) is 5.75 Å². The van der Waals surface area contributed by atoms with Crippen LogP contribution in [0.2, 0.25) is 0 Å². The lowest BCUT2D eigenvalue weighted by molar-refractivity contribution is -0.149. The van der Waals surface area contributed by atoms with Gasteiger partial charge in [-0.1, -0.05) is 19.1 Å². The summed E-state index contributed by atoms with van der Waals surface area (Å²) in [6, 6.07) is 7.28. The van der Waals surface area contributed by atoms with Crippen LogP contribution in [0.15, 0.2) is 24.3 Å². The maximum absolute atomic E-state index is 11.9. The van der Waals surface area contributed by atoms with Gasteiger partial charge in [0.2, 0.25) is 0 Å². The van der Waals surface area contributed by atoms with Crippen molar-refractivity contribution in [3.63, 3.8) is 0 Å². The summed E-state index contributed by atoms with van der Waals surface area (Å²) in [4.78, 5) is 11.9. The topological polar surface area (TPSA) is 67.8 Å². The van der Waals surface area contributed by atoms with Gasteiger partial charge in [0.15, 0.2) is 0 Å². The molecule has 0 saturated heterocycles. The van der Waals surface area contributed by atoms with Crippen LogP contribution in [0, 0.1) is 0 Å². The summed E-state index contributed by atoms with van der Waals surface area (Å²) in [5.41, 5.74) is 0.0134. The molecule has 0 aliphatic rings. The fraction of sp³-hybridized carbons (Fsp3) is 0.562. The molecule has 0 bridgehead atoms. The molecular formula is C16H25NO4.